The molecule has 2 nitrogen and oxygen atoms in total. The van der Waals surface area contributed by atoms with Crippen LogP contribution >= 0.6 is 11.3 Å². The summed E-state index contributed by atoms with van der Waals surface area (Å²) in [5.41, 5.74) is 16.2. The first-order valence-electron chi connectivity index (χ1n) is 17.5. The zero-order chi connectivity index (χ0) is 33.3. The zero-order valence-electron chi connectivity index (χ0n) is 27.5. The molecule has 0 saturated carbocycles. The Balaban J connectivity index is 1.19. The molecule has 0 amide bonds. The quantitative estimate of drug-likeness (QED) is 0.180. The van der Waals surface area contributed by atoms with Crippen molar-refractivity contribution < 1.29 is 0 Å². The van der Waals surface area contributed by atoms with Gasteiger partial charge in [0.1, 0.15) is 5.01 Å². The van der Waals surface area contributed by atoms with Crippen molar-refractivity contribution in [2.75, 3.05) is 0 Å². The number of fused-ring (bicyclic) bond motifs is 15. The van der Waals surface area contributed by atoms with Crippen LogP contribution in [0.5, 0.6) is 0 Å². The summed E-state index contributed by atoms with van der Waals surface area (Å²) in [6.45, 7) is 0. The van der Waals surface area contributed by atoms with E-state index < -0.39 is 0 Å². The molecule has 10 aromatic rings. The highest BCUT2D eigenvalue weighted by molar-refractivity contribution is 7.21. The third-order valence-electron chi connectivity index (χ3n) is 11.4. The smallest absolute Gasteiger partial charge is 0.125 e. The van der Waals surface area contributed by atoms with Crippen molar-refractivity contribution in [2.45, 2.75) is 5.41 Å². The van der Waals surface area contributed by atoms with Gasteiger partial charge < -0.3 is 4.57 Å². The van der Waals surface area contributed by atoms with E-state index in [2.05, 4.69) is 174 Å². The highest BCUT2D eigenvalue weighted by Gasteiger charge is 2.51. The van der Waals surface area contributed by atoms with E-state index in [9.17, 15) is 0 Å². The molecule has 1 spiro atoms. The average Bonchev–Trinajstić information content (AvgIpc) is 3.92. The first-order chi connectivity index (χ1) is 25.3. The van der Waals surface area contributed by atoms with Gasteiger partial charge in [-0.3, -0.25) is 0 Å². The summed E-state index contributed by atoms with van der Waals surface area (Å²) < 4.78 is 3.69. The fourth-order valence-corrected chi connectivity index (χ4v) is 10.4. The van der Waals surface area contributed by atoms with Gasteiger partial charge in [0.15, 0.2) is 0 Å². The van der Waals surface area contributed by atoms with E-state index in [4.69, 9.17) is 4.98 Å². The van der Waals surface area contributed by atoms with Crippen LogP contribution in [0.4, 0.5) is 0 Å². The number of nitrogens with zero attached hydrogens (tertiary/aromatic N) is 2. The third kappa shape index (κ3) is 3.49. The number of thiazole rings is 1. The highest BCUT2D eigenvalue weighted by Crippen LogP contribution is 2.63. The molecule has 51 heavy (non-hydrogen) atoms. The fourth-order valence-electron chi connectivity index (χ4n) is 9.42. The fraction of sp³-hybridized carbons (Fsp3) is 0.0208. The summed E-state index contributed by atoms with van der Waals surface area (Å²) >= 11 is 1.77. The van der Waals surface area contributed by atoms with Crippen LogP contribution in [0.15, 0.2) is 170 Å². The molecule has 236 valence electrons. The van der Waals surface area contributed by atoms with Crippen LogP contribution in [0.3, 0.4) is 0 Å². The molecule has 0 fully saturated rings. The van der Waals surface area contributed by atoms with E-state index in [-0.39, 0.29) is 5.41 Å². The SMILES string of the molecule is c1ccc2c(c1)-c1ccccc1C21c2ccccc2-c2cc3c(cc21)c1ccccc1n3-c1cc(-c2nc3ccccc3s2)c2ccccc2c1. The molecule has 8 aromatic carbocycles. The standard InChI is InChI=1S/C48H28N2S/c1-2-14-31-29(13-1)25-30(26-38(31)47-49-43-22-10-12-24-46(43)51-47)50-44-23-11-6-18-35(44)37-27-42-36(28-45(37)50)34-17-5-9-21-41(34)48(42)39-19-7-3-15-32(39)33-16-4-8-20-40(33)48/h1-28H. The summed E-state index contributed by atoms with van der Waals surface area (Å²) in [6, 6.07) is 63.0. The van der Waals surface area contributed by atoms with E-state index in [0.29, 0.717) is 0 Å². The lowest BCUT2D eigenvalue weighted by atomic mass is 9.70. The summed E-state index contributed by atoms with van der Waals surface area (Å²) in [5, 5.41) is 6.00. The lowest BCUT2D eigenvalue weighted by molar-refractivity contribution is 0.795. The molecular formula is C48H28N2S. The molecule has 2 heterocycles. The Hall–Kier alpha value is -6.29. The minimum Gasteiger partial charge on any atom is -0.309 e. The molecule has 2 aromatic heterocycles. The summed E-state index contributed by atoms with van der Waals surface area (Å²) in [4.78, 5) is 5.14. The van der Waals surface area contributed by atoms with E-state index in [1.807, 2.05) is 0 Å². The Morgan fingerprint density at radius 2 is 1.04 bits per heavy atom. The first-order valence-corrected chi connectivity index (χ1v) is 18.4. The minimum absolute atomic E-state index is 0.376. The zero-order valence-corrected chi connectivity index (χ0v) is 28.3. The van der Waals surface area contributed by atoms with Gasteiger partial charge in [-0.05, 0) is 97.7 Å². The number of benzene rings is 8. The van der Waals surface area contributed by atoms with Gasteiger partial charge in [-0.25, -0.2) is 4.98 Å². The highest BCUT2D eigenvalue weighted by atomic mass is 32.1. The summed E-state index contributed by atoms with van der Waals surface area (Å²) in [6.07, 6.45) is 0. The van der Waals surface area contributed by atoms with Crippen LogP contribution in [0.2, 0.25) is 0 Å². The van der Waals surface area contributed by atoms with Crippen LogP contribution in [0.25, 0.3) is 81.3 Å². The van der Waals surface area contributed by atoms with Gasteiger partial charge in [-0.2, -0.15) is 0 Å². The van der Waals surface area contributed by atoms with Gasteiger partial charge in [-0.15, -0.1) is 11.3 Å². The molecule has 0 N–H and O–H groups in total. The van der Waals surface area contributed by atoms with Crippen molar-refractivity contribution in [3.05, 3.63) is 192 Å². The molecule has 0 unspecified atom stereocenters. The van der Waals surface area contributed by atoms with Crippen LogP contribution in [-0.2, 0) is 5.41 Å². The topological polar surface area (TPSA) is 17.8 Å². The Kier molecular flexibility index (Phi) is 5.35. The Bertz CT molecular complexity index is 3030. The van der Waals surface area contributed by atoms with Crippen LogP contribution < -0.4 is 0 Å². The second-order valence-electron chi connectivity index (χ2n) is 13.9. The van der Waals surface area contributed by atoms with Gasteiger partial charge in [0.25, 0.3) is 0 Å². The molecule has 0 atom stereocenters. The Morgan fingerprint density at radius 3 is 1.78 bits per heavy atom. The van der Waals surface area contributed by atoms with E-state index >= 15 is 0 Å². The molecule has 0 radical (unpaired) electrons. The van der Waals surface area contributed by atoms with Gasteiger partial charge >= 0.3 is 0 Å². The van der Waals surface area contributed by atoms with Gasteiger partial charge in [0.05, 0.1) is 26.7 Å². The number of para-hydroxylation sites is 2. The van der Waals surface area contributed by atoms with Crippen molar-refractivity contribution in [1.82, 2.24) is 9.55 Å². The minimum atomic E-state index is -0.376. The molecular weight excluding hydrogens is 637 g/mol. The normalized spacial score (nSPS) is 13.6. The van der Waals surface area contributed by atoms with E-state index in [1.54, 1.807) is 11.3 Å². The number of hydrogen-bond acceptors (Lipinski definition) is 2. The van der Waals surface area contributed by atoms with Crippen molar-refractivity contribution in [3.63, 3.8) is 0 Å². The summed E-state index contributed by atoms with van der Waals surface area (Å²) in [5.74, 6) is 0. The maximum atomic E-state index is 5.14. The van der Waals surface area contributed by atoms with Crippen molar-refractivity contribution in [2.24, 2.45) is 0 Å². The van der Waals surface area contributed by atoms with Crippen molar-refractivity contribution >= 4 is 54.1 Å². The predicted molar refractivity (Wildman–Crippen MR) is 213 cm³/mol. The van der Waals surface area contributed by atoms with E-state index in [0.717, 1.165) is 16.2 Å². The molecule has 3 heteroatoms. The Morgan fingerprint density at radius 1 is 0.431 bits per heavy atom. The van der Waals surface area contributed by atoms with Crippen LogP contribution in [0, 0.1) is 0 Å². The maximum Gasteiger partial charge on any atom is 0.125 e. The van der Waals surface area contributed by atoms with Crippen molar-refractivity contribution in [1.29, 1.82) is 0 Å². The lowest BCUT2D eigenvalue weighted by Gasteiger charge is -2.30. The second kappa shape index (κ2) is 9.91. The third-order valence-corrected chi connectivity index (χ3v) is 12.5. The van der Waals surface area contributed by atoms with Crippen LogP contribution in [-0.4, -0.2) is 9.55 Å². The molecule has 12 rings (SSSR count). The molecule has 2 aliphatic carbocycles. The second-order valence-corrected chi connectivity index (χ2v) is 14.9. The molecule has 2 aliphatic rings. The molecule has 0 aliphatic heterocycles. The number of hydrogen-bond donors (Lipinski definition) is 0. The van der Waals surface area contributed by atoms with Gasteiger partial charge in [0, 0.05) is 22.0 Å². The largest absolute Gasteiger partial charge is 0.309 e. The Labute approximate surface area is 298 Å². The predicted octanol–water partition coefficient (Wildman–Crippen LogP) is 12.6. The van der Waals surface area contributed by atoms with Gasteiger partial charge in [0.2, 0.25) is 0 Å². The lowest BCUT2D eigenvalue weighted by Crippen LogP contribution is -2.25. The van der Waals surface area contributed by atoms with Crippen molar-refractivity contribution in [3.8, 4) is 38.5 Å². The molecule has 0 bridgehead atoms. The van der Waals surface area contributed by atoms with E-state index in [1.165, 1.54) is 87.3 Å². The number of aromatic nitrogens is 2. The maximum absolute atomic E-state index is 5.14. The summed E-state index contributed by atoms with van der Waals surface area (Å²) in [7, 11) is 0. The monoisotopic (exact) mass is 664 g/mol. The van der Waals surface area contributed by atoms with Crippen LogP contribution in [0.1, 0.15) is 22.3 Å². The number of rotatable bonds is 2. The van der Waals surface area contributed by atoms with Gasteiger partial charge in [-0.1, -0.05) is 127 Å². The average molecular weight is 665 g/mol. The first kappa shape index (κ1) is 27.5. The molecule has 0 saturated heterocycles.